The average molecular weight is 364 g/mol. The number of hydrogen-bond donors (Lipinski definition) is 1. The number of nitrogens with one attached hydrogen (secondary N) is 1. The van der Waals surface area contributed by atoms with Crippen molar-refractivity contribution in [3.05, 3.63) is 29.3 Å². The molecule has 0 saturated carbocycles. The van der Waals surface area contributed by atoms with Crippen molar-refractivity contribution >= 4 is 23.0 Å². The number of thiocarbonyl (C=S) groups is 1. The fraction of sp³-hybridized carbons (Fsp3) is 0.650. The Hall–Kier alpha value is -1.17. The molecule has 1 aliphatic heterocycles. The number of benzene rings is 1. The molecule has 0 aliphatic carbocycles. The zero-order valence-electron chi connectivity index (χ0n) is 16.3. The molecule has 1 N–H and O–H groups in total. The second kappa shape index (κ2) is 9.51. The summed E-state index contributed by atoms with van der Waals surface area (Å²) in [6.07, 6.45) is 2.30. The third-order valence-corrected chi connectivity index (χ3v) is 5.28. The maximum Gasteiger partial charge on any atom is 0.173 e. The predicted octanol–water partition coefficient (Wildman–Crippen LogP) is 3.82. The Morgan fingerprint density at radius 2 is 1.84 bits per heavy atom. The van der Waals surface area contributed by atoms with E-state index in [1.54, 1.807) is 7.11 Å². The summed E-state index contributed by atoms with van der Waals surface area (Å²) < 4.78 is 5.32. The van der Waals surface area contributed by atoms with Crippen molar-refractivity contribution in [1.29, 1.82) is 0 Å². The third-order valence-electron chi connectivity index (χ3n) is 4.94. The normalized spacial score (nSPS) is 16.2. The number of nitrogens with zero attached hydrogens (tertiary/aromatic N) is 2. The standard InChI is InChI=1S/C20H33N3OS/c1-15(2)22-8-6-19(7-9-22)23(10-11-24-5)20(25)21-18-13-16(3)12-17(4)14-18/h12-15,19H,6-11H2,1-5H3,(H,21,25). The maximum absolute atomic E-state index is 5.76. The average Bonchev–Trinajstić information content (AvgIpc) is 2.54. The number of anilines is 1. The maximum atomic E-state index is 5.76. The van der Waals surface area contributed by atoms with E-state index in [0.717, 1.165) is 43.3 Å². The molecule has 0 spiro atoms. The van der Waals surface area contributed by atoms with Gasteiger partial charge >= 0.3 is 0 Å². The molecular weight excluding hydrogens is 330 g/mol. The van der Waals surface area contributed by atoms with Gasteiger partial charge in [-0.3, -0.25) is 0 Å². The first-order valence-electron chi connectivity index (χ1n) is 9.29. The van der Waals surface area contributed by atoms with Gasteiger partial charge in [0.25, 0.3) is 0 Å². The summed E-state index contributed by atoms with van der Waals surface area (Å²) in [5.74, 6) is 0. The molecule has 1 fully saturated rings. The molecule has 0 bridgehead atoms. The zero-order valence-corrected chi connectivity index (χ0v) is 17.2. The second-order valence-corrected chi connectivity index (χ2v) is 7.74. The van der Waals surface area contributed by atoms with E-state index in [2.05, 4.69) is 61.0 Å². The number of likely N-dealkylation sites (tertiary alicyclic amines) is 1. The van der Waals surface area contributed by atoms with E-state index in [-0.39, 0.29) is 0 Å². The van der Waals surface area contributed by atoms with Crippen molar-refractivity contribution in [3.63, 3.8) is 0 Å². The number of piperidine rings is 1. The van der Waals surface area contributed by atoms with Crippen LogP contribution in [0.2, 0.25) is 0 Å². The minimum absolute atomic E-state index is 0.482. The summed E-state index contributed by atoms with van der Waals surface area (Å²) >= 11 is 5.76. The van der Waals surface area contributed by atoms with Crippen molar-refractivity contribution in [1.82, 2.24) is 9.80 Å². The summed E-state index contributed by atoms with van der Waals surface area (Å²) in [6.45, 7) is 12.6. The Kier molecular flexibility index (Phi) is 7.66. The van der Waals surface area contributed by atoms with E-state index < -0.39 is 0 Å². The number of ether oxygens (including phenoxy) is 1. The summed E-state index contributed by atoms with van der Waals surface area (Å²) in [6, 6.07) is 7.58. The van der Waals surface area contributed by atoms with Crippen LogP contribution < -0.4 is 5.32 Å². The number of hydrogen-bond acceptors (Lipinski definition) is 3. The van der Waals surface area contributed by atoms with E-state index in [0.29, 0.717) is 18.7 Å². The van der Waals surface area contributed by atoms with Gasteiger partial charge in [0.2, 0.25) is 0 Å². The number of methoxy groups -OCH3 is 1. The smallest absolute Gasteiger partial charge is 0.173 e. The van der Waals surface area contributed by atoms with Crippen molar-refractivity contribution in [2.75, 3.05) is 38.7 Å². The third kappa shape index (κ3) is 5.94. The van der Waals surface area contributed by atoms with E-state index in [9.17, 15) is 0 Å². The molecule has 0 radical (unpaired) electrons. The van der Waals surface area contributed by atoms with Crippen LogP contribution >= 0.6 is 12.2 Å². The largest absolute Gasteiger partial charge is 0.383 e. The lowest BCUT2D eigenvalue weighted by molar-refractivity contribution is 0.108. The van der Waals surface area contributed by atoms with Gasteiger partial charge in [-0.1, -0.05) is 6.07 Å². The van der Waals surface area contributed by atoms with Gasteiger partial charge in [0.15, 0.2) is 5.11 Å². The van der Waals surface area contributed by atoms with Gasteiger partial charge in [0, 0.05) is 44.5 Å². The highest BCUT2D eigenvalue weighted by atomic mass is 32.1. The van der Waals surface area contributed by atoms with Gasteiger partial charge in [-0.2, -0.15) is 0 Å². The van der Waals surface area contributed by atoms with Crippen LogP contribution in [0.25, 0.3) is 0 Å². The summed E-state index contributed by atoms with van der Waals surface area (Å²) in [5, 5.41) is 4.26. The van der Waals surface area contributed by atoms with Gasteiger partial charge in [-0.05, 0) is 76.0 Å². The second-order valence-electron chi connectivity index (χ2n) is 7.35. The fourth-order valence-electron chi connectivity index (χ4n) is 3.60. The Morgan fingerprint density at radius 3 is 2.36 bits per heavy atom. The van der Waals surface area contributed by atoms with Gasteiger partial charge in [-0.25, -0.2) is 0 Å². The van der Waals surface area contributed by atoms with Crippen LogP contribution in [-0.2, 0) is 4.74 Å². The Morgan fingerprint density at radius 1 is 1.24 bits per heavy atom. The van der Waals surface area contributed by atoms with E-state index in [1.807, 2.05) is 0 Å². The van der Waals surface area contributed by atoms with Crippen LogP contribution in [0.4, 0.5) is 5.69 Å². The minimum Gasteiger partial charge on any atom is -0.383 e. The Labute approximate surface area is 158 Å². The number of aryl methyl sites for hydroxylation is 2. The molecule has 1 aromatic carbocycles. The van der Waals surface area contributed by atoms with E-state index >= 15 is 0 Å². The van der Waals surface area contributed by atoms with Crippen LogP contribution in [0.5, 0.6) is 0 Å². The molecule has 4 nitrogen and oxygen atoms in total. The quantitative estimate of drug-likeness (QED) is 0.776. The topological polar surface area (TPSA) is 27.7 Å². The lowest BCUT2D eigenvalue weighted by Gasteiger charge is -2.41. The van der Waals surface area contributed by atoms with Crippen molar-refractivity contribution in [2.45, 2.75) is 52.6 Å². The first-order chi connectivity index (χ1) is 11.9. The Bertz CT molecular complexity index is 548. The van der Waals surface area contributed by atoms with Gasteiger partial charge < -0.3 is 19.9 Å². The summed E-state index contributed by atoms with van der Waals surface area (Å²) in [5.41, 5.74) is 3.57. The first-order valence-corrected chi connectivity index (χ1v) is 9.70. The van der Waals surface area contributed by atoms with E-state index in [1.165, 1.54) is 11.1 Å². The van der Waals surface area contributed by atoms with Crippen molar-refractivity contribution < 1.29 is 4.74 Å². The minimum atomic E-state index is 0.482. The van der Waals surface area contributed by atoms with Crippen LogP contribution in [0.3, 0.4) is 0 Å². The van der Waals surface area contributed by atoms with Crippen molar-refractivity contribution in [3.8, 4) is 0 Å². The van der Waals surface area contributed by atoms with Crippen LogP contribution in [0.15, 0.2) is 18.2 Å². The molecule has 1 saturated heterocycles. The molecule has 0 atom stereocenters. The Balaban J connectivity index is 2.04. The molecule has 1 heterocycles. The molecule has 0 aromatic heterocycles. The molecule has 2 rings (SSSR count). The molecule has 5 heteroatoms. The van der Waals surface area contributed by atoms with Gasteiger partial charge in [0.05, 0.1) is 6.61 Å². The summed E-state index contributed by atoms with van der Waals surface area (Å²) in [7, 11) is 1.75. The summed E-state index contributed by atoms with van der Waals surface area (Å²) in [4.78, 5) is 4.87. The lowest BCUT2D eigenvalue weighted by atomic mass is 10.0. The lowest BCUT2D eigenvalue weighted by Crippen LogP contribution is -2.50. The predicted molar refractivity (Wildman–Crippen MR) is 110 cm³/mol. The van der Waals surface area contributed by atoms with Crippen LogP contribution in [-0.4, -0.2) is 60.3 Å². The van der Waals surface area contributed by atoms with E-state index in [4.69, 9.17) is 17.0 Å². The van der Waals surface area contributed by atoms with Crippen LogP contribution in [0.1, 0.15) is 37.8 Å². The van der Waals surface area contributed by atoms with Crippen LogP contribution in [0, 0.1) is 13.8 Å². The van der Waals surface area contributed by atoms with Crippen molar-refractivity contribution in [2.24, 2.45) is 0 Å². The number of rotatable bonds is 6. The highest BCUT2D eigenvalue weighted by molar-refractivity contribution is 7.80. The molecule has 0 unspecified atom stereocenters. The molecule has 1 aromatic rings. The first kappa shape index (κ1) is 20.1. The highest BCUT2D eigenvalue weighted by Crippen LogP contribution is 2.20. The molecule has 140 valence electrons. The molecular formula is C20H33N3OS. The monoisotopic (exact) mass is 363 g/mol. The SMILES string of the molecule is COCCN(C(=S)Nc1cc(C)cc(C)c1)C1CCN(C(C)C)CC1. The molecule has 0 amide bonds. The molecule has 25 heavy (non-hydrogen) atoms. The van der Waals surface area contributed by atoms with Gasteiger partial charge in [-0.15, -0.1) is 0 Å². The zero-order chi connectivity index (χ0) is 18.4. The fourth-order valence-corrected chi connectivity index (χ4v) is 3.95. The van der Waals surface area contributed by atoms with Gasteiger partial charge in [0.1, 0.15) is 0 Å². The molecule has 1 aliphatic rings. The highest BCUT2D eigenvalue weighted by Gasteiger charge is 2.27.